The molecule has 5 heterocycles. The number of nitrogens with one attached hydrogen (secondary N) is 1. The van der Waals surface area contributed by atoms with Crippen LogP contribution in [0.2, 0.25) is 0 Å². The molecule has 0 atom stereocenters. The first kappa shape index (κ1) is 21.2. The number of pyridine rings is 3. The SMILES string of the molecule is CC(C)Nc1cc(-n2ncc3cc(C#N)cnc32)ncc1-c1cn(CCc2cccnc2)nn1. The van der Waals surface area contributed by atoms with Crippen molar-refractivity contribution in [3.8, 4) is 23.1 Å². The third-order valence-corrected chi connectivity index (χ3v) is 5.25. The molecule has 168 valence electrons. The van der Waals surface area contributed by atoms with Gasteiger partial charge in [-0.1, -0.05) is 11.3 Å². The quantitative estimate of drug-likeness (QED) is 0.400. The van der Waals surface area contributed by atoms with E-state index in [1.165, 1.54) is 6.20 Å². The summed E-state index contributed by atoms with van der Waals surface area (Å²) in [6, 6.07) is 9.96. The summed E-state index contributed by atoms with van der Waals surface area (Å²) in [7, 11) is 0. The van der Waals surface area contributed by atoms with Crippen LogP contribution in [0.25, 0.3) is 28.1 Å². The topological polar surface area (TPSA) is 123 Å². The molecule has 0 bridgehead atoms. The van der Waals surface area contributed by atoms with E-state index in [9.17, 15) is 0 Å². The second-order valence-electron chi connectivity index (χ2n) is 8.17. The zero-order valence-corrected chi connectivity index (χ0v) is 18.8. The minimum absolute atomic E-state index is 0.195. The van der Waals surface area contributed by atoms with Gasteiger partial charge >= 0.3 is 0 Å². The molecule has 0 amide bonds. The van der Waals surface area contributed by atoms with Crippen LogP contribution < -0.4 is 5.32 Å². The van der Waals surface area contributed by atoms with Crippen LogP contribution in [0.1, 0.15) is 25.0 Å². The Labute approximate surface area is 195 Å². The fourth-order valence-corrected chi connectivity index (χ4v) is 3.67. The van der Waals surface area contributed by atoms with Crippen molar-refractivity contribution < 1.29 is 0 Å². The fourth-order valence-electron chi connectivity index (χ4n) is 3.67. The number of fused-ring (bicyclic) bond motifs is 1. The van der Waals surface area contributed by atoms with Gasteiger partial charge in [0.1, 0.15) is 11.8 Å². The van der Waals surface area contributed by atoms with Crippen LogP contribution in [0.15, 0.2) is 61.4 Å². The van der Waals surface area contributed by atoms with E-state index < -0.39 is 0 Å². The summed E-state index contributed by atoms with van der Waals surface area (Å²) in [6.07, 6.45) is 11.4. The fraction of sp³-hybridized carbons (Fsp3) is 0.208. The molecule has 0 saturated heterocycles. The van der Waals surface area contributed by atoms with Crippen molar-refractivity contribution in [2.45, 2.75) is 32.9 Å². The van der Waals surface area contributed by atoms with Gasteiger partial charge in [-0.2, -0.15) is 15.0 Å². The normalized spacial score (nSPS) is 11.1. The van der Waals surface area contributed by atoms with Crippen molar-refractivity contribution in [1.82, 2.24) is 39.7 Å². The van der Waals surface area contributed by atoms with Crippen molar-refractivity contribution in [2.24, 2.45) is 0 Å². The van der Waals surface area contributed by atoms with Gasteiger partial charge in [-0.3, -0.25) is 9.67 Å². The van der Waals surface area contributed by atoms with Gasteiger partial charge in [0, 0.05) is 60.1 Å². The maximum Gasteiger partial charge on any atom is 0.164 e. The van der Waals surface area contributed by atoms with Crippen LogP contribution >= 0.6 is 0 Å². The van der Waals surface area contributed by atoms with E-state index >= 15 is 0 Å². The molecule has 34 heavy (non-hydrogen) atoms. The monoisotopic (exact) mass is 450 g/mol. The molecule has 0 aliphatic carbocycles. The van der Waals surface area contributed by atoms with Gasteiger partial charge in [0.05, 0.1) is 18.0 Å². The third-order valence-electron chi connectivity index (χ3n) is 5.25. The summed E-state index contributed by atoms with van der Waals surface area (Å²) >= 11 is 0. The van der Waals surface area contributed by atoms with Crippen LogP contribution in [0.4, 0.5) is 5.69 Å². The average Bonchev–Trinajstić information content (AvgIpc) is 3.50. The molecule has 5 rings (SSSR count). The van der Waals surface area contributed by atoms with Gasteiger partial charge in [-0.25, -0.2) is 9.97 Å². The van der Waals surface area contributed by atoms with E-state index in [0.717, 1.165) is 34.3 Å². The van der Waals surface area contributed by atoms with E-state index in [1.54, 1.807) is 29.3 Å². The minimum atomic E-state index is 0.195. The molecular weight excluding hydrogens is 428 g/mol. The lowest BCUT2D eigenvalue weighted by Gasteiger charge is -2.14. The highest BCUT2D eigenvalue weighted by atomic mass is 15.4. The number of hydrogen-bond donors (Lipinski definition) is 1. The predicted octanol–water partition coefficient (Wildman–Crippen LogP) is 3.40. The van der Waals surface area contributed by atoms with Crippen LogP contribution in [0, 0.1) is 11.3 Å². The number of anilines is 1. The van der Waals surface area contributed by atoms with Gasteiger partial charge < -0.3 is 5.32 Å². The van der Waals surface area contributed by atoms with Crippen molar-refractivity contribution in [3.63, 3.8) is 0 Å². The molecule has 0 unspecified atom stereocenters. The zero-order valence-electron chi connectivity index (χ0n) is 18.8. The molecule has 0 spiro atoms. The predicted molar refractivity (Wildman–Crippen MR) is 127 cm³/mol. The van der Waals surface area contributed by atoms with Gasteiger partial charge in [0.25, 0.3) is 0 Å². The highest BCUT2D eigenvalue weighted by molar-refractivity contribution is 5.79. The second-order valence-corrected chi connectivity index (χ2v) is 8.17. The number of aryl methyl sites for hydroxylation is 2. The number of nitriles is 1. The Kier molecular flexibility index (Phi) is 5.66. The van der Waals surface area contributed by atoms with E-state index in [0.29, 0.717) is 23.6 Å². The first-order valence-electron chi connectivity index (χ1n) is 10.9. The van der Waals surface area contributed by atoms with Gasteiger partial charge in [-0.15, -0.1) is 5.10 Å². The van der Waals surface area contributed by atoms with Crippen molar-refractivity contribution >= 4 is 16.7 Å². The Bertz CT molecular complexity index is 1480. The Balaban J connectivity index is 1.46. The van der Waals surface area contributed by atoms with Crippen LogP contribution in [0.3, 0.4) is 0 Å². The molecule has 0 aromatic carbocycles. The molecule has 0 aliphatic heterocycles. The lowest BCUT2D eigenvalue weighted by atomic mass is 10.1. The Morgan fingerprint density at radius 1 is 1.12 bits per heavy atom. The molecule has 10 heteroatoms. The number of aromatic nitrogens is 8. The average molecular weight is 451 g/mol. The number of hydrogen-bond acceptors (Lipinski definition) is 8. The minimum Gasteiger partial charge on any atom is -0.382 e. The summed E-state index contributed by atoms with van der Waals surface area (Å²) in [5.41, 5.74) is 4.73. The summed E-state index contributed by atoms with van der Waals surface area (Å²) in [4.78, 5) is 13.2. The molecule has 10 nitrogen and oxygen atoms in total. The zero-order chi connectivity index (χ0) is 23.5. The lowest BCUT2D eigenvalue weighted by molar-refractivity contribution is 0.588. The second kappa shape index (κ2) is 9.07. The standard InChI is InChI=1S/C24H22N10/c1-16(2)30-21-9-23(34-24-19(13-29-34)8-18(10-25)12-28-24)27-14-20(21)22-15-33(32-31-22)7-5-17-4-3-6-26-11-17/h3-4,6,8-9,11-16H,5,7H2,1-2H3,(H,27,30). The Hall–Kier alpha value is -4.65. The third kappa shape index (κ3) is 4.31. The molecule has 0 aliphatic rings. The van der Waals surface area contributed by atoms with E-state index in [-0.39, 0.29) is 6.04 Å². The highest BCUT2D eigenvalue weighted by Crippen LogP contribution is 2.28. The van der Waals surface area contributed by atoms with Crippen molar-refractivity contribution in [1.29, 1.82) is 5.26 Å². The number of rotatable bonds is 7. The maximum atomic E-state index is 9.12. The first-order valence-corrected chi connectivity index (χ1v) is 10.9. The summed E-state index contributed by atoms with van der Waals surface area (Å²) in [5.74, 6) is 0.614. The van der Waals surface area contributed by atoms with Gasteiger partial charge in [-0.05, 0) is 38.0 Å². The Morgan fingerprint density at radius 2 is 2.03 bits per heavy atom. The smallest absolute Gasteiger partial charge is 0.164 e. The van der Waals surface area contributed by atoms with Gasteiger partial charge in [0.15, 0.2) is 11.5 Å². The Morgan fingerprint density at radius 3 is 2.82 bits per heavy atom. The summed E-state index contributed by atoms with van der Waals surface area (Å²) in [6.45, 7) is 4.85. The summed E-state index contributed by atoms with van der Waals surface area (Å²) in [5, 5.41) is 26.5. The maximum absolute atomic E-state index is 9.12. The molecule has 5 aromatic rings. The van der Waals surface area contributed by atoms with Crippen molar-refractivity contribution in [2.75, 3.05) is 5.32 Å². The van der Waals surface area contributed by atoms with E-state index in [2.05, 4.69) is 55.6 Å². The molecule has 0 fully saturated rings. The summed E-state index contributed by atoms with van der Waals surface area (Å²) < 4.78 is 3.49. The van der Waals surface area contributed by atoms with E-state index in [4.69, 9.17) is 5.26 Å². The molecule has 1 N–H and O–H groups in total. The van der Waals surface area contributed by atoms with Crippen LogP contribution in [0.5, 0.6) is 0 Å². The lowest BCUT2D eigenvalue weighted by Crippen LogP contribution is -2.12. The largest absolute Gasteiger partial charge is 0.382 e. The molecule has 0 saturated carbocycles. The first-order chi connectivity index (χ1) is 16.6. The molecule has 0 radical (unpaired) electrons. The highest BCUT2D eigenvalue weighted by Gasteiger charge is 2.15. The van der Waals surface area contributed by atoms with Gasteiger partial charge in [0.2, 0.25) is 0 Å². The van der Waals surface area contributed by atoms with Crippen LogP contribution in [-0.4, -0.2) is 45.8 Å². The van der Waals surface area contributed by atoms with Crippen molar-refractivity contribution in [3.05, 3.63) is 72.6 Å². The number of nitrogens with zero attached hydrogens (tertiary/aromatic N) is 9. The molecule has 5 aromatic heterocycles. The van der Waals surface area contributed by atoms with E-state index in [1.807, 2.05) is 35.3 Å². The van der Waals surface area contributed by atoms with Crippen LogP contribution in [-0.2, 0) is 13.0 Å². The molecular formula is C24H22N10.